The van der Waals surface area contributed by atoms with Crippen molar-refractivity contribution in [1.82, 2.24) is 0 Å². The first kappa shape index (κ1) is 18.1. The van der Waals surface area contributed by atoms with Crippen LogP contribution in [-0.4, -0.2) is 14.2 Å². The van der Waals surface area contributed by atoms with Crippen LogP contribution in [0.25, 0.3) is 0 Å². The molecule has 0 fully saturated rings. The molecule has 3 rings (SSSR count). The molecule has 0 saturated carbocycles. The summed E-state index contributed by atoms with van der Waals surface area (Å²) in [5.74, 6) is 2.05. The van der Waals surface area contributed by atoms with Gasteiger partial charge in [-0.3, -0.25) is 0 Å². The van der Waals surface area contributed by atoms with Gasteiger partial charge in [-0.05, 0) is 72.4 Å². The van der Waals surface area contributed by atoms with E-state index in [1.165, 1.54) is 27.8 Å². The summed E-state index contributed by atoms with van der Waals surface area (Å²) < 4.78 is 10.6. The van der Waals surface area contributed by atoms with Crippen molar-refractivity contribution in [3.05, 3.63) is 94.5 Å². The molecule has 0 bridgehead atoms. The Morgan fingerprint density at radius 2 is 1.08 bits per heavy atom. The fraction of sp³-hybridized carbons (Fsp3) is 0.250. The van der Waals surface area contributed by atoms with Crippen LogP contribution < -0.4 is 9.47 Å². The Labute approximate surface area is 156 Å². The van der Waals surface area contributed by atoms with E-state index in [-0.39, 0.29) is 5.92 Å². The molecule has 3 aromatic carbocycles. The van der Waals surface area contributed by atoms with Crippen molar-refractivity contribution in [3.8, 4) is 11.5 Å². The summed E-state index contributed by atoms with van der Waals surface area (Å²) in [6, 6.07) is 23.3. The average molecular weight is 346 g/mol. The van der Waals surface area contributed by atoms with E-state index >= 15 is 0 Å². The van der Waals surface area contributed by atoms with Crippen LogP contribution in [0, 0.1) is 13.8 Å². The highest BCUT2D eigenvalue weighted by atomic mass is 16.5. The second kappa shape index (κ2) is 8.09. The van der Waals surface area contributed by atoms with Crippen molar-refractivity contribution in [2.45, 2.75) is 26.2 Å². The van der Waals surface area contributed by atoms with Crippen LogP contribution in [0.1, 0.15) is 33.7 Å². The van der Waals surface area contributed by atoms with Crippen LogP contribution in [0.5, 0.6) is 11.5 Å². The van der Waals surface area contributed by atoms with Gasteiger partial charge in [-0.2, -0.15) is 0 Å². The van der Waals surface area contributed by atoms with Crippen molar-refractivity contribution in [2.75, 3.05) is 14.2 Å². The third-order valence-electron chi connectivity index (χ3n) is 5.09. The van der Waals surface area contributed by atoms with Gasteiger partial charge in [-0.15, -0.1) is 0 Å². The van der Waals surface area contributed by atoms with Crippen molar-refractivity contribution >= 4 is 0 Å². The highest BCUT2D eigenvalue weighted by molar-refractivity contribution is 5.42. The first-order valence-corrected chi connectivity index (χ1v) is 8.95. The summed E-state index contributed by atoms with van der Waals surface area (Å²) in [6.45, 7) is 4.39. The maximum absolute atomic E-state index is 5.32. The van der Waals surface area contributed by atoms with Gasteiger partial charge in [0.25, 0.3) is 0 Å². The van der Waals surface area contributed by atoms with E-state index in [1.54, 1.807) is 14.2 Å². The molecule has 134 valence electrons. The zero-order valence-electron chi connectivity index (χ0n) is 16.0. The Balaban J connectivity index is 2.02. The number of rotatable bonds is 6. The molecule has 0 aliphatic rings. The van der Waals surface area contributed by atoms with Crippen molar-refractivity contribution < 1.29 is 9.47 Å². The van der Waals surface area contributed by atoms with E-state index in [9.17, 15) is 0 Å². The van der Waals surface area contributed by atoms with Crippen LogP contribution >= 0.6 is 0 Å². The summed E-state index contributed by atoms with van der Waals surface area (Å²) in [5, 5.41) is 0. The fourth-order valence-corrected chi connectivity index (χ4v) is 3.48. The van der Waals surface area contributed by atoms with Crippen LogP contribution in [-0.2, 0) is 6.42 Å². The predicted octanol–water partition coefficient (Wildman–Crippen LogP) is 5.70. The molecular weight excluding hydrogens is 320 g/mol. The van der Waals surface area contributed by atoms with Gasteiger partial charge < -0.3 is 9.47 Å². The van der Waals surface area contributed by atoms with Gasteiger partial charge >= 0.3 is 0 Å². The van der Waals surface area contributed by atoms with Gasteiger partial charge in [0, 0.05) is 5.92 Å². The second-order valence-electron chi connectivity index (χ2n) is 6.67. The Kier molecular flexibility index (Phi) is 5.62. The second-order valence-corrected chi connectivity index (χ2v) is 6.67. The fourth-order valence-electron chi connectivity index (χ4n) is 3.48. The first-order chi connectivity index (χ1) is 12.6. The van der Waals surface area contributed by atoms with Crippen LogP contribution in [0.2, 0.25) is 0 Å². The molecular formula is C24H26O2. The molecule has 0 N–H and O–H groups in total. The number of benzene rings is 3. The Morgan fingerprint density at radius 1 is 0.654 bits per heavy atom. The topological polar surface area (TPSA) is 18.5 Å². The van der Waals surface area contributed by atoms with Gasteiger partial charge in [0.1, 0.15) is 11.5 Å². The smallest absolute Gasteiger partial charge is 0.118 e. The highest BCUT2D eigenvalue weighted by Gasteiger charge is 2.17. The van der Waals surface area contributed by atoms with Gasteiger partial charge in [-0.25, -0.2) is 0 Å². The van der Waals surface area contributed by atoms with Crippen LogP contribution in [0.4, 0.5) is 0 Å². The minimum atomic E-state index is 0.284. The number of ether oxygens (including phenoxy) is 2. The number of methoxy groups -OCH3 is 2. The lowest BCUT2D eigenvalue weighted by Gasteiger charge is -2.21. The number of aryl methyl sites for hydroxylation is 2. The molecule has 0 amide bonds. The van der Waals surface area contributed by atoms with Crippen molar-refractivity contribution in [3.63, 3.8) is 0 Å². The summed E-state index contributed by atoms with van der Waals surface area (Å²) >= 11 is 0. The normalized spacial score (nSPS) is 10.8. The monoisotopic (exact) mass is 346 g/mol. The molecule has 0 saturated heterocycles. The van der Waals surface area contributed by atoms with E-state index in [1.807, 2.05) is 24.3 Å². The van der Waals surface area contributed by atoms with E-state index in [0.717, 1.165) is 17.9 Å². The maximum atomic E-state index is 5.32. The first-order valence-electron chi connectivity index (χ1n) is 8.95. The van der Waals surface area contributed by atoms with E-state index in [4.69, 9.17) is 9.47 Å². The van der Waals surface area contributed by atoms with E-state index in [0.29, 0.717) is 0 Å². The summed E-state index contributed by atoms with van der Waals surface area (Å²) in [4.78, 5) is 0. The van der Waals surface area contributed by atoms with Gasteiger partial charge in [0.05, 0.1) is 14.2 Å². The van der Waals surface area contributed by atoms with E-state index < -0.39 is 0 Å². The predicted molar refractivity (Wildman–Crippen MR) is 107 cm³/mol. The van der Waals surface area contributed by atoms with Gasteiger partial charge in [-0.1, -0.05) is 42.5 Å². The average Bonchev–Trinajstić information content (AvgIpc) is 2.68. The zero-order chi connectivity index (χ0) is 18.5. The largest absolute Gasteiger partial charge is 0.497 e. The molecule has 0 unspecified atom stereocenters. The molecule has 0 aliphatic carbocycles. The van der Waals surface area contributed by atoms with Crippen molar-refractivity contribution in [1.29, 1.82) is 0 Å². The quantitative estimate of drug-likeness (QED) is 0.570. The highest BCUT2D eigenvalue weighted by Crippen LogP contribution is 2.32. The third-order valence-corrected chi connectivity index (χ3v) is 5.09. The standard InChI is InChI=1S/C24H26O2/c1-17-6-5-7-18(2)23(17)16-24(19-8-12-21(25-3)13-9-19)20-10-14-22(26-4)15-11-20/h5-15,24H,16H2,1-4H3. The molecule has 0 heterocycles. The van der Waals surface area contributed by atoms with Gasteiger partial charge in [0.2, 0.25) is 0 Å². The Bertz CT molecular complexity index is 781. The maximum Gasteiger partial charge on any atom is 0.118 e. The molecule has 0 atom stereocenters. The summed E-state index contributed by atoms with van der Waals surface area (Å²) in [7, 11) is 3.40. The molecule has 0 radical (unpaired) electrons. The van der Waals surface area contributed by atoms with E-state index in [2.05, 4.69) is 56.3 Å². The summed E-state index contributed by atoms with van der Waals surface area (Å²) in [6.07, 6.45) is 0.969. The van der Waals surface area contributed by atoms with Crippen molar-refractivity contribution in [2.24, 2.45) is 0 Å². The lowest BCUT2D eigenvalue weighted by atomic mass is 9.83. The molecule has 2 nitrogen and oxygen atoms in total. The minimum Gasteiger partial charge on any atom is -0.497 e. The number of hydrogen-bond acceptors (Lipinski definition) is 2. The minimum absolute atomic E-state index is 0.284. The molecule has 2 heteroatoms. The molecule has 0 spiro atoms. The number of hydrogen-bond donors (Lipinski definition) is 0. The summed E-state index contributed by atoms with van der Waals surface area (Å²) in [5.41, 5.74) is 6.69. The third kappa shape index (κ3) is 3.91. The Morgan fingerprint density at radius 3 is 1.46 bits per heavy atom. The molecule has 0 aliphatic heterocycles. The zero-order valence-corrected chi connectivity index (χ0v) is 16.0. The molecule has 0 aromatic heterocycles. The molecule has 3 aromatic rings. The van der Waals surface area contributed by atoms with Crippen LogP contribution in [0.3, 0.4) is 0 Å². The SMILES string of the molecule is COc1ccc(C(Cc2c(C)cccc2C)c2ccc(OC)cc2)cc1. The lowest BCUT2D eigenvalue weighted by molar-refractivity contribution is 0.414. The van der Waals surface area contributed by atoms with Gasteiger partial charge in [0.15, 0.2) is 0 Å². The van der Waals surface area contributed by atoms with Crippen LogP contribution in [0.15, 0.2) is 66.7 Å². The Hall–Kier alpha value is -2.74. The molecule has 26 heavy (non-hydrogen) atoms. The lowest BCUT2D eigenvalue weighted by Crippen LogP contribution is -2.08.